The van der Waals surface area contributed by atoms with E-state index in [4.69, 9.17) is 17.3 Å². The van der Waals surface area contributed by atoms with Crippen LogP contribution >= 0.6 is 11.6 Å². The van der Waals surface area contributed by atoms with Crippen LogP contribution in [0.4, 0.5) is 11.5 Å². The molecule has 7 heteroatoms. The van der Waals surface area contributed by atoms with Gasteiger partial charge in [-0.15, -0.1) is 0 Å². The maximum Gasteiger partial charge on any atom is 0.251 e. The minimum absolute atomic E-state index is 0.120. The molecule has 0 aliphatic carbocycles. The summed E-state index contributed by atoms with van der Waals surface area (Å²) in [4.78, 5) is 19.6. The highest BCUT2D eigenvalue weighted by Gasteiger charge is 2.06. The smallest absolute Gasteiger partial charge is 0.251 e. The van der Waals surface area contributed by atoms with Crippen molar-refractivity contribution in [2.45, 2.75) is 6.92 Å². The summed E-state index contributed by atoms with van der Waals surface area (Å²) in [5, 5.41) is 6.00. The van der Waals surface area contributed by atoms with E-state index in [1.807, 2.05) is 19.1 Å². The van der Waals surface area contributed by atoms with Crippen LogP contribution in [0.25, 0.3) is 0 Å². The van der Waals surface area contributed by atoms with Gasteiger partial charge in [-0.05, 0) is 19.1 Å². The van der Waals surface area contributed by atoms with E-state index < -0.39 is 0 Å². The Morgan fingerprint density at radius 2 is 1.95 bits per heavy atom. The second-order valence-corrected chi connectivity index (χ2v) is 4.83. The largest absolute Gasteiger partial charge is 0.393 e. The van der Waals surface area contributed by atoms with Gasteiger partial charge in [-0.3, -0.25) is 4.79 Å². The molecule has 0 aliphatic heterocycles. The molecule has 1 aromatic carbocycles. The summed E-state index contributed by atoms with van der Waals surface area (Å²) in [6.45, 7) is 2.89. The molecule has 0 aliphatic rings. The third-order valence-corrected chi connectivity index (χ3v) is 3.15. The van der Waals surface area contributed by atoms with Crippen molar-refractivity contribution in [3.8, 4) is 0 Å². The Bertz CT molecular complexity index is 630. The Balaban J connectivity index is 1.80. The quantitative estimate of drug-likeness (QED) is 0.579. The highest BCUT2D eigenvalue weighted by Crippen LogP contribution is 2.21. The van der Waals surface area contributed by atoms with E-state index in [1.165, 1.54) is 6.33 Å². The average Bonchev–Trinajstić information content (AvgIpc) is 2.48. The van der Waals surface area contributed by atoms with E-state index >= 15 is 0 Å². The lowest BCUT2D eigenvalue weighted by Gasteiger charge is -2.09. The van der Waals surface area contributed by atoms with Crippen LogP contribution < -0.4 is 16.4 Å². The molecule has 0 saturated carbocycles. The predicted octanol–water partition coefficient (Wildman–Crippen LogP) is 1.86. The van der Waals surface area contributed by atoms with Crippen LogP contribution in [-0.2, 0) is 0 Å². The van der Waals surface area contributed by atoms with Crippen molar-refractivity contribution in [3.63, 3.8) is 0 Å². The summed E-state index contributed by atoms with van der Waals surface area (Å²) in [6, 6.07) is 7.38. The molecule has 0 spiro atoms. The SMILES string of the molecule is Cc1ccc(C(=O)NCCNc2ncnc(Cl)c2N)cc1. The van der Waals surface area contributed by atoms with Crippen molar-refractivity contribution in [2.24, 2.45) is 0 Å². The second-order valence-electron chi connectivity index (χ2n) is 4.48. The van der Waals surface area contributed by atoms with Gasteiger partial charge in [0.1, 0.15) is 12.0 Å². The maximum absolute atomic E-state index is 11.9. The predicted molar refractivity (Wildman–Crippen MR) is 83.5 cm³/mol. The number of nitrogens with zero attached hydrogens (tertiary/aromatic N) is 2. The lowest BCUT2D eigenvalue weighted by molar-refractivity contribution is 0.0955. The van der Waals surface area contributed by atoms with Crippen LogP contribution in [0.3, 0.4) is 0 Å². The minimum atomic E-state index is -0.120. The van der Waals surface area contributed by atoms with Crippen LogP contribution in [0.1, 0.15) is 15.9 Å². The molecule has 1 heterocycles. The molecular weight excluding hydrogens is 290 g/mol. The number of hydrogen-bond donors (Lipinski definition) is 3. The van der Waals surface area contributed by atoms with Crippen LogP contribution in [0.2, 0.25) is 5.15 Å². The number of hydrogen-bond acceptors (Lipinski definition) is 5. The number of carbonyl (C=O) groups is 1. The van der Waals surface area contributed by atoms with Crippen molar-refractivity contribution >= 4 is 29.0 Å². The number of aryl methyl sites for hydroxylation is 1. The summed E-state index contributed by atoms with van der Waals surface area (Å²) in [6.07, 6.45) is 1.33. The Morgan fingerprint density at radius 1 is 1.24 bits per heavy atom. The van der Waals surface area contributed by atoms with Gasteiger partial charge in [-0.2, -0.15) is 0 Å². The number of nitrogens with one attached hydrogen (secondary N) is 2. The van der Waals surface area contributed by atoms with Gasteiger partial charge in [0, 0.05) is 18.7 Å². The number of nitrogen functional groups attached to an aromatic ring is 1. The molecule has 1 aromatic heterocycles. The summed E-state index contributed by atoms with van der Waals surface area (Å²) >= 11 is 5.78. The first-order valence-corrected chi connectivity index (χ1v) is 6.80. The van der Waals surface area contributed by atoms with Gasteiger partial charge < -0.3 is 16.4 Å². The number of amides is 1. The monoisotopic (exact) mass is 305 g/mol. The van der Waals surface area contributed by atoms with Gasteiger partial charge in [-0.1, -0.05) is 29.3 Å². The zero-order valence-corrected chi connectivity index (χ0v) is 12.3. The maximum atomic E-state index is 11.9. The van der Waals surface area contributed by atoms with Crippen molar-refractivity contribution in [3.05, 3.63) is 46.9 Å². The van der Waals surface area contributed by atoms with E-state index in [-0.39, 0.29) is 11.1 Å². The van der Waals surface area contributed by atoms with Crippen LogP contribution in [-0.4, -0.2) is 29.0 Å². The molecule has 0 saturated heterocycles. The molecule has 110 valence electrons. The van der Waals surface area contributed by atoms with Gasteiger partial charge in [0.25, 0.3) is 5.91 Å². The minimum Gasteiger partial charge on any atom is -0.393 e. The highest BCUT2D eigenvalue weighted by molar-refractivity contribution is 6.32. The summed E-state index contributed by atoms with van der Waals surface area (Å²) in [7, 11) is 0. The molecule has 6 nitrogen and oxygen atoms in total. The summed E-state index contributed by atoms with van der Waals surface area (Å²) in [5.74, 6) is 0.338. The lowest BCUT2D eigenvalue weighted by Crippen LogP contribution is -2.29. The van der Waals surface area contributed by atoms with Crippen LogP contribution in [0.5, 0.6) is 0 Å². The molecule has 0 bridgehead atoms. The van der Waals surface area contributed by atoms with Crippen molar-refractivity contribution in [1.82, 2.24) is 15.3 Å². The summed E-state index contributed by atoms with van der Waals surface area (Å²) in [5.41, 5.74) is 7.76. The first-order valence-electron chi connectivity index (χ1n) is 6.42. The normalized spacial score (nSPS) is 10.2. The molecule has 1 amide bonds. The van der Waals surface area contributed by atoms with Crippen LogP contribution in [0.15, 0.2) is 30.6 Å². The third kappa shape index (κ3) is 4.06. The average molecular weight is 306 g/mol. The Labute approximate surface area is 127 Å². The van der Waals surface area contributed by atoms with Crippen LogP contribution in [0, 0.1) is 6.92 Å². The standard InChI is InChI=1S/C14H16ClN5O/c1-9-2-4-10(5-3-9)14(21)18-7-6-17-13-11(16)12(15)19-8-20-13/h2-5,8H,6-7,16H2,1H3,(H,18,21)(H,17,19,20). The molecule has 21 heavy (non-hydrogen) atoms. The number of aromatic nitrogens is 2. The molecular formula is C14H16ClN5O. The number of carbonyl (C=O) groups excluding carboxylic acids is 1. The number of benzene rings is 1. The van der Waals surface area contributed by atoms with Gasteiger partial charge in [0.05, 0.1) is 0 Å². The number of anilines is 2. The molecule has 0 atom stereocenters. The van der Waals surface area contributed by atoms with Gasteiger partial charge >= 0.3 is 0 Å². The fourth-order valence-corrected chi connectivity index (χ4v) is 1.81. The molecule has 2 rings (SSSR count). The van der Waals surface area contributed by atoms with Crippen molar-refractivity contribution < 1.29 is 4.79 Å². The number of halogens is 1. The highest BCUT2D eigenvalue weighted by atomic mass is 35.5. The molecule has 2 aromatic rings. The zero-order valence-electron chi connectivity index (χ0n) is 11.6. The topological polar surface area (TPSA) is 92.9 Å². The van der Waals surface area contributed by atoms with Gasteiger partial charge in [0.2, 0.25) is 0 Å². The Morgan fingerprint density at radius 3 is 2.67 bits per heavy atom. The van der Waals surface area contributed by atoms with Crippen molar-refractivity contribution in [2.75, 3.05) is 24.1 Å². The first kappa shape index (κ1) is 15.1. The molecule has 0 radical (unpaired) electrons. The molecule has 0 unspecified atom stereocenters. The first-order chi connectivity index (χ1) is 10.1. The molecule has 4 N–H and O–H groups in total. The van der Waals surface area contributed by atoms with E-state index in [9.17, 15) is 4.79 Å². The van der Waals surface area contributed by atoms with Gasteiger partial charge in [0.15, 0.2) is 11.0 Å². The number of nitrogens with two attached hydrogens (primary N) is 1. The van der Waals surface area contributed by atoms with E-state index in [2.05, 4.69) is 20.6 Å². The third-order valence-electron chi connectivity index (χ3n) is 2.85. The second kappa shape index (κ2) is 6.90. The van der Waals surface area contributed by atoms with E-state index in [0.29, 0.717) is 30.2 Å². The van der Waals surface area contributed by atoms with Gasteiger partial charge in [-0.25, -0.2) is 9.97 Å². The fourth-order valence-electron chi connectivity index (χ4n) is 1.68. The van der Waals surface area contributed by atoms with E-state index in [1.54, 1.807) is 12.1 Å². The fraction of sp³-hybridized carbons (Fsp3) is 0.214. The Kier molecular flexibility index (Phi) is 4.94. The number of rotatable bonds is 5. The zero-order chi connectivity index (χ0) is 15.2. The lowest BCUT2D eigenvalue weighted by atomic mass is 10.1. The van der Waals surface area contributed by atoms with Crippen molar-refractivity contribution in [1.29, 1.82) is 0 Å². The summed E-state index contributed by atoms with van der Waals surface area (Å²) < 4.78 is 0. The Hall–Kier alpha value is -2.34. The molecule has 0 fully saturated rings. The van der Waals surface area contributed by atoms with E-state index in [0.717, 1.165) is 5.56 Å².